The van der Waals surface area contributed by atoms with Gasteiger partial charge in [0.15, 0.2) is 5.96 Å². The SMILES string of the molecule is CCNC(=NCc1ccc(C(F)(F)F)cc1)NCC1CN2CCN1CC2. The van der Waals surface area contributed by atoms with Gasteiger partial charge in [-0.15, -0.1) is 0 Å². The van der Waals surface area contributed by atoms with Crippen LogP contribution in [-0.2, 0) is 12.7 Å². The van der Waals surface area contributed by atoms with Crippen molar-refractivity contribution in [3.8, 4) is 0 Å². The number of hydrogen-bond acceptors (Lipinski definition) is 3. The number of aliphatic imine (C=N–C) groups is 1. The number of halogens is 3. The maximum atomic E-state index is 12.6. The lowest BCUT2D eigenvalue weighted by molar-refractivity contribution is -0.137. The van der Waals surface area contributed by atoms with E-state index in [1.165, 1.54) is 12.1 Å². The van der Waals surface area contributed by atoms with E-state index in [4.69, 9.17) is 0 Å². The molecule has 3 fully saturated rings. The van der Waals surface area contributed by atoms with E-state index in [-0.39, 0.29) is 0 Å². The number of hydrogen-bond donors (Lipinski definition) is 2. The van der Waals surface area contributed by atoms with Gasteiger partial charge in [-0.25, -0.2) is 4.99 Å². The van der Waals surface area contributed by atoms with E-state index >= 15 is 0 Å². The highest BCUT2D eigenvalue weighted by Crippen LogP contribution is 2.29. The molecule has 3 aliphatic rings. The van der Waals surface area contributed by atoms with Crippen LogP contribution in [0.25, 0.3) is 0 Å². The summed E-state index contributed by atoms with van der Waals surface area (Å²) in [5.74, 6) is 0.699. The quantitative estimate of drug-likeness (QED) is 0.613. The van der Waals surface area contributed by atoms with Gasteiger partial charge in [-0.2, -0.15) is 13.2 Å². The summed E-state index contributed by atoms with van der Waals surface area (Å²) in [5.41, 5.74) is 0.119. The minimum atomic E-state index is -4.30. The second-order valence-electron chi connectivity index (χ2n) is 6.76. The lowest BCUT2D eigenvalue weighted by Crippen LogP contribution is -2.63. The Bertz CT molecular complexity index is 606. The van der Waals surface area contributed by atoms with Crippen LogP contribution >= 0.6 is 0 Å². The van der Waals surface area contributed by atoms with Crippen LogP contribution in [0.4, 0.5) is 13.2 Å². The monoisotopic (exact) mass is 369 g/mol. The predicted octanol–water partition coefficient (Wildman–Crippen LogP) is 1.76. The highest BCUT2D eigenvalue weighted by molar-refractivity contribution is 5.79. The fourth-order valence-corrected chi connectivity index (χ4v) is 3.44. The average Bonchev–Trinajstić information content (AvgIpc) is 2.64. The van der Waals surface area contributed by atoms with Gasteiger partial charge in [0.05, 0.1) is 12.1 Å². The van der Waals surface area contributed by atoms with Gasteiger partial charge in [-0.05, 0) is 24.6 Å². The molecule has 0 spiro atoms. The van der Waals surface area contributed by atoms with Gasteiger partial charge in [-0.3, -0.25) is 9.80 Å². The number of nitrogens with one attached hydrogen (secondary N) is 2. The largest absolute Gasteiger partial charge is 0.416 e. The number of guanidine groups is 1. The van der Waals surface area contributed by atoms with Crippen molar-refractivity contribution in [1.82, 2.24) is 20.4 Å². The van der Waals surface area contributed by atoms with E-state index in [0.29, 0.717) is 18.5 Å². The van der Waals surface area contributed by atoms with E-state index < -0.39 is 11.7 Å². The molecule has 0 aliphatic carbocycles. The van der Waals surface area contributed by atoms with Crippen molar-refractivity contribution in [2.24, 2.45) is 4.99 Å². The summed E-state index contributed by atoms with van der Waals surface area (Å²) in [6.07, 6.45) is -4.30. The summed E-state index contributed by atoms with van der Waals surface area (Å²) in [7, 11) is 0. The first kappa shape index (κ1) is 19.0. The van der Waals surface area contributed by atoms with Crippen LogP contribution in [0.15, 0.2) is 29.3 Å². The van der Waals surface area contributed by atoms with Crippen LogP contribution in [0.5, 0.6) is 0 Å². The molecule has 8 heteroatoms. The molecule has 0 aromatic heterocycles. The number of piperazine rings is 3. The summed E-state index contributed by atoms with van der Waals surface area (Å²) >= 11 is 0. The third-order valence-electron chi connectivity index (χ3n) is 4.94. The molecule has 4 rings (SSSR count). The van der Waals surface area contributed by atoms with E-state index in [1.807, 2.05) is 6.92 Å². The van der Waals surface area contributed by atoms with Crippen LogP contribution in [-0.4, -0.2) is 67.6 Å². The molecular formula is C18H26F3N5. The minimum absolute atomic E-state index is 0.341. The number of nitrogens with zero attached hydrogens (tertiary/aromatic N) is 3. The Morgan fingerprint density at radius 2 is 1.81 bits per heavy atom. The Balaban J connectivity index is 1.55. The minimum Gasteiger partial charge on any atom is -0.357 e. The fourth-order valence-electron chi connectivity index (χ4n) is 3.44. The van der Waals surface area contributed by atoms with Crippen molar-refractivity contribution in [1.29, 1.82) is 0 Å². The second kappa shape index (κ2) is 8.26. The van der Waals surface area contributed by atoms with Crippen molar-refractivity contribution in [2.45, 2.75) is 25.7 Å². The molecule has 3 aliphatic heterocycles. The molecule has 2 N–H and O–H groups in total. The molecule has 2 bridgehead atoms. The van der Waals surface area contributed by atoms with E-state index in [0.717, 1.165) is 63.5 Å². The highest BCUT2D eigenvalue weighted by atomic mass is 19.4. The fraction of sp³-hybridized carbons (Fsp3) is 0.611. The van der Waals surface area contributed by atoms with Gasteiger partial charge in [0.1, 0.15) is 0 Å². The zero-order valence-corrected chi connectivity index (χ0v) is 15.0. The van der Waals surface area contributed by atoms with Gasteiger partial charge in [0.2, 0.25) is 0 Å². The number of fused-ring (bicyclic) bond motifs is 3. The van der Waals surface area contributed by atoms with Gasteiger partial charge < -0.3 is 10.6 Å². The summed E-state index contributed by atoms with van der Waals surface area (Å²) in [5, 5.41) is 6.57. The Morgan fingerprint density at radius 1 is 1.12 bits per heavy atom. The first-order valence-electron chi connectivity index (χ1n) is 9.10. The van der Waals surface area contributed by atoms with Crippen LogP contribution in [0.2, 0.25) is 0 Å². The van der Waals surface area contributed by atoms with E-state index in [9.17, 15) is 13.2 Å². The zero-order chi connectivity index (χ0) is 18.6. The highest BCUT2D eigenvalue weighted by Gasteiger charge is 2.31. The molecule has 0 saturated carbocycles. The van der Waals surface area contributed by atoms with Crippen LogP contribution < -0.4 is 10.6 Å². The molecular weight excluding hydrogens is 343 g/mol. The third-order valence-corrected chi connectivity index (χ3v) is 4.94. The molecule has 1 unspecified atom stereocenters. The Morgan fingerprint density at radius 3 is 2.35 bits per heavy atom. The van der Waals surface area contributed by atoms with Crippen molar-refractivity contribution in [3.05, 3.63) is 35.4 Å². The number of alkyl halides is 3. The van der Waals surface area contributed by atoms with Crippen LogP contribution in [0, 0.1) is 0 Å². The summed E-state index contributed by atoms with van der Waals surface area (Å²) in [6, 6.07) is 5.65. The van der Waals surface area contributed by atoms with Crippen molar-refractivity contribution >= 4 is 5.96 Å². The molecule has 144 valence electrons. The number of benzene rings is 1. The first-order valence-corrected chi connectivity index (χ1v) is 9.10. The maximum Gasteiger partial charge on any atom is 0.416 e. The molecule has 26 heavy (non-hydrogen) atoms. The van der Waals surface area contributed by atoms with E-state index in [1.54, 1.807) is 0 Å². The Kier molecular flexibility index (Phi) is 6.03. The molecule has 1 aromatic rings. The van der Waals surface area contributed by atoms with Crippen molar-refractivity contribution in [2.75, 3.05) is 45.8 Å². The van der Waals surface area contributed by atoms with E-state index in [2.05, 4.69) is 25.4 Å². The molecule has 0 radical (unpaired) electrons. The molecule has 0 amide bonds. The van der Waals surface area contributed by atoms with Crippen molar-refractivity contribution < 1.29 is 13.2 Å². The van der Waals surface area contributed by atoms with Gasteiger partial charge >= 0.3 is 6.18 Å². The third kappa shape index (κ3) is 4.88. The normalized spacial score (nSPS) is 26.0. The second-order valence-corrected chi connectivity index (χ2v) is 6.76. The lowest BCUT2D eigenvalue weighted by Gasteiger charge is -2.47. The molecule has 3 saturated heterocycles. The Labute approximate surface area is 152 Å². The van der Waals surface area contributed by atoms with Crippen LogP contribution in [0.3, 0.4) is 0 Å². The first-order chi connectivity index (χ1) is 12.5. The summed E-state index contributed by atoms with van der Waals surface area (Å²) in [6.45, 7) is 9.50. The maximum absolute atomic E-state index is 12.6. The zero-order valence-electron chi connectivity index (χ0n) is 15.0. The standard InChI is InChI=1S/C18H26F3N5/c1-2-22-17(24-12-16-13-25-7-9-26(16)10-8-25)23-11-14-3-5-15(6-4-14)18(19,20)21/h3-6,16H,2,7-13H2,1H3,(H2,22,23,24). The molecule has 3 heterocycles. The summed E-state index contributed by atoms with van der Waals surface area (Å²) in [4.78, 5) is 9.49. The predicted molar refractivity (Wildman–Crippen MR) is 96.1 cm³/mol. The smallest absolute Gasteiger partial charge is 0.357 e. The number of rotatable bonds is 5. The average molecular weight is 369 g/mol. The van der Waals surface area contributed by atoms with Crippen molar-refractivity contribution in [3.63, 3.8) is 0 Å². The van der Waals surface area contributed by atoms with Gasteiger partial charge in [0.25, 0.3) is 0 Å². The molecule has 5 nitrogen and oxygen atoms in total. The van der Waals surface area contributed by atoms with Gasteiger partial charge in [-0.1, -0.05) is 12.1 Å². The Hall–Kier alpha value is -1.80. The summed E-state index contributed by atoms with van der Waals surface area (Å²) < 4.78 is 37.9. The van der Waals surface area contributed by atoms with Crippen LogP contribution in [0.1, 0.15) is 18.1 Å². The van der Waals surface area contributed by atoms with Gasteiger partial charge in [0, 0.05) is 51.9 Å². The lowest BCUT2D eigenvalue weighted by atomic mass is 10.1. The molecule has 1 atom stereocenters. The molecule has 1 aromatic carbocycles. The topological polar surface area (TPSA) is 42.9 Å².